The van der Waals surface area contributed by atoms with Crippen LogP contribution in [0.4, 0.5) is 17.1 Å². The monoisotopic (exact) mass is 663 g/mol. The molecule has 0 N–H and O–H groups in total. The first-order valence-corrected chi connectivity index (χ1v) is 18.2. The molecule has 0 aromatic heterocycles. The Hall–Kier alpha value is -6.44. The molecule has 0 radical (unpaired) electrons. The predicted octanol–water partition coefficient (Wildman–Crippen LogP) is 14.3. The summed E-state index contributed by atoms with van der Waals surface area (Å²) in [6.07, 6.45) is 0. The van der Waals surface area contributed by atoms with Gasteiger partial charge in [0.1, 0.15) is 0 Å². The summed E-state index contributed by atoms with van der Waals surface area (Å²) in [4.78, 5) is 2.40. The van der Waals surface area contributed by atoms with Gasteiger partial charge in [-0.2, -0.15) is 0 Å². The lowest BCUT2D eigenvalue weighted by Crippen LogP contribution is -2.15. The van der Waals surface area contributed by atoms with E-state index in [4.69, 9.17) is 0 Å². The molecule has 9 aromatic carbocycles. The van der Waals surface area contributed by atoms with Gasteiger partial charge in [0.2, 0.25) is 0 Å². The second-order valence-corrected chi connectivity index (χ2v) is 14.6. The van der Waals surface area contributed by atoms with Crippen molar-refractivity contribution in [1.82, 2.24) is 0 Å². The van der Waals surface area contributed by atoms with Crippen molar-refractivity contribution in [2.75, 3.05) is 4.90 Å². The van der Waals surface area contributed by atoms with Crippen LogP contribution in [0, 0.1) is 0 Å². The van der Waals surface area contributed by atoms with Crippen LogP contribution >= 0.6 is 0 Å². The van der Waals surface area contributed by atoms with E-state index in [1.165, 1.54) is 76.8 Å². The summed E-state index contributed by atoms with van der Waals surface area (Å²) in [5.41, 5.74) is 13.6. The van der Waals surface area contributed by atoms with Gasteiger partial charge in [0.05, 0.1) is 0 Å². The number of hydrogen-bond donors (Lipinski definition) is 0. The maximum absolute atomic E-state index is 2.40. The smallest absolute Gasteiger partial charge is 0.0468 e. The summed E-state index contributed by atoms with van der Waals surface area (Å²) < 4.78 is 0. The molecular formula is C51H37N. The minimum atomic E-state index is -0.0383. The standard InChI is InChI=1S/C51H37N/c1-51(2)48-18-9-8-17-46(48)47-33-43(28-30-49(47)51)52(42-15-10-14-38(32-42)34-11-4-3-5-12-34)41-26-23-35(24-27-41)39-25-29-45-40(31-39)22-21-37-20-19-36-13-6-7-16-44(36)50(37)45/h3-33H,1-2H3. The minimum Gasteiger partial charge on any atom is -0.310 e. The molecule has 0 saturated carbocycles. The van der Waals surface area contributed by atoms with E-state index in [9.17, 15) is 0 Å². The van der Waals surface area contributed by atoms with Crippen molar-refractivity contribution >= 4 is 49.4 Å². The van der Waals surface area contributed by atoms with E-state index in [0.717, 1.165) is 17.1 Å². The first-order valence-electron chi connectivity index (χ1n) is 18.2. The van der Waals surface area contributed by atoms with Gasteiger partial charge in [-0.15, -0.1) is 0 Å². The highest BCUT2D eigenvalue weighted by Crippen LogP contribution is 2.50. The predicted molar refractivity (Wildman–Crippen MR) is 222 cm³/mol. The molecule has 1 heteroatoms. The highest BCUT2D eigenvalue weighted by atomic mass is 15.1. The summed E-state index contributed by atoms with van der Waals surface area (Å²) in [5, 5.41) is 7.73. The second kappa shape index (κ2) is 11.8. The average molecular weight is 664 g/mol. The molecule has 0 spiro atoms. The number of rotatable bonds is 5. The van der Waals surface area contributed by atoms with E-state index in [1.54, 1.807) is 0 Å². The van der Waals surface area contributed by atoms with Gasteiger partial charge < -0.3 is 4.90 Å². The summed E-state index contributed by atoms with van der Waals surface area (Å²) in [5.74, 6) is 0. The number of fused-ring (bicyclic) bond motifs is 8. The van der Waals surface area contributed by atoms with Crippen molar-refractivity contribution < 1.29 is 0 Å². The van der Waals surface area contributed by atoms with Crippen molar-refractivity contribution in [2.45, 2.75) is 19.3 Å². The Morgan fingerprint density at radius 3 is 1.81 bits per heavy atom. The van der Waals surface area contributed by atoms with E-state index in [0.29, 0.717) is 0 Å². The molecule has 0 unspecified atom stereocenters. The maximum atomic E-state index is 2.40. The molecule has 0 fully saturated rings. The summed E-state index contributed by atoms with van der Waals surface area (Å²) >= 11 is 0. The molecule has 0 amide bonds. The van der Waals surface area contributed by atoms with Gasteiger partial charge in [0, 0.05) is 22.5 Å². The van der Waals surface area contributed by atoms with Crippen LogP contribution in [0.25, 0.3) is 65.7 Å². The van der Waals surface area contributed by atoms with Gasteiger partial charge in [-0.3, -0.25) is 0 Å². The van der Waals surface area contributed by atoms with Crippen LogP contribution in [0.2, 0.25) is 0 Å². The summed E-state index contributed by atoms with van der Waals surface area (Å²) in [6.45, 7) is 4.68. The lowest BCUT2D eigenvalue weighted by molar-refractivity contribution is 0.660. The molecule has 0 bridgehead atoms. The molecule has 0 saturated heterocycles. The third-order valence-corrected chi connectivity index (χ3v) is 11.2. The number of nitrogens with zero attached hydrogens (tertiary/aromatic N) is 1. The molecule has 0 heterocycles. The highest BCUT2D eigenvalue weighted by Gasteiger charge is 2.35. The Bertz CT molecular complexity index is 2810. The van der Waals surface area contributed by atoms with Crippen LogP contribution in [-0.2, 0) is 5.41 Å². The normalized spacial score (nSPS) is 13.0. The summed E-state index contributed by atoms with van der Waals surface area (Å²) in [6, 6.07) is 69.2. The molecule has 9 aromatic rings. The molecule has 246 valence electrons. The number of benzene rings is 9. The Kier molecular flexibility index (Phi) is 6.91. The van der Waals surface area contributed by atoms with Gasteiger partial charge >= 0.3 is 0 Å². The molecule has 1 nitrogen and oxygen atoms in total. The fraction of sp³-hybridized carbons (Fsp3) is 0.0588. The zero-order valence-electron chi connectivity index (χ0n) is 29.3. The van der Waals surface area contributed by atoms with Crippen molar-refractivity contribution in [3.63, 3.8) is 0 Å². The fourth-order valence-corrected chi connectivity index (χ4v) is 8.57. The van der Waals surface area contributed by atoms with Crippen LogP contribution in [-0.4, -0.2) is 0 Å². The number of hydrogen-bond acceptors (Lipinski definition) is 1. The van der Waals surface area contributed by atoms with Gasteiger partial charge in [-0.05, 0) is 119 Å². The van der Waals surface area contributed by atoms with E-state index >= 15 is 0 Å². The largest absolute Gasteiger partial charge is 0.310 e. The maximum Gasteiger partial charge on any atom is 0.0468 e. The Balaban J connectivity index is 1.08. The molecule has 52 heavy (non-hydrogen) atoms. The van der Waals surface area contributed by atoms with Crippen LogP contribution in [0.15, 0.2) is 188 Å². The summed E-state index contributed by atoms with van der Waals surface area (Å²) in [7, 11) is 0. The zero-order chi connectivity index (χ0) is 34.8. The topological polar surface area (TPSA) is 3.24 Å². The molecule has 0 aliphatic heterocycles. The van der Waals surface area contributed by atoms with E-state index in [1.807, 2.05) is 0 Å². The zero-order valence-corrected chi connectivity index (χ0v) is 29.3. The van der Waals surface area contributed by atoms with E-state index in [-0.39, 0.29) is 5.41 Å². The van der Waals surface area contributed by atoms with Gasteiger partial charge in [0.25, 0.3) is 0 Å². The third-order valence-electron chi connectivity index (χ3n) is 11.2. The lowest BCUT2D eigenvalue weighted by atomic mass is 9.82. The van der Waals surface area contributed by atoms with Crippen molar-refractivity contribution in [1.29, 1.82) is 0 Å². The average Bonchev–Trinajstić information content (AvgIpc) is 3.43. The molecule has 10 rings (SSSR count). The SMILES string of the molecule is CC1(C)c2ccccc2-c2cc(N(c3ccc(-c4ccc5c(ccc6ccc7ccccc7c65)c4)cc3)c3cccc(-c4ccccc4)c3)ccc21. The Labute approximate surface area is 305 Å². The van der Waals surface area contributed by atoms with Gasteiger partial charge in [-0.25, -0.2) is 0 Å². The van der Waals surface area contributed by atoms with Crippen molar-refractivity contribution in [3.8, 4) is 33.4 Å². The highest BCUT2D eigenvalue weighted by molar-refractivity contribution is 6.20. The molecule has 1 aliphatic rings. The van der Waals surface area contributed by atoms with Crippen molar-refractivity contribution in [2.24, 2.45) is 0 Å². The van der Waals surface area contributed by atoms with Gasteiger partial charge in [0.15, 0.2) is 0 Å². The van der Waals surface area contributed by atoms with Crippen LogP contribution in [0.5, 0.6) is 0 Å². The van der Waals surface area contributed by atoms with Crippen LogP contribution in [0.3, 0.4) is 0 Å². The molecular weight excluding hydrogens is 627 g/mol. The Morgan fingerprint density at radius 2 is 0.942 bits per heavy atom. The first kappa shape index (κ1) is 30.4. The Morgan fingerprint density at radius 1 is 0.346 bits per heavy atom. The van der Waals surface area contributed by atoms with E-state index in [2.05, 4.69) is 207 Å². The van der Waals surface area contributed by atoms with Gasteiger partial charge in [-0.1, -0.05) is 159 Å². The first-order chi connectivity index (χ1) is 25.5. The van der Waals surface area contributed by atoms with Crippen LogP contribution in [0.1, 0.15) is 25.0 Å². The van der Waals surface area contributed by atoms with Crippen LogP contribution < -0.4 is 4.90 Å². The fourth-order valence-electron chi connectivity index (χ4n) is 8.57. The minimum absolute atomic E-state index is 0.0383. The lowest BCUT2D eigenvalue weighted by Gasteiger charge is -2.28. The second-order valence-electron chi connectivity index (χ2n) is 14.6. The number of anilines is 3. The van der Waals surface area contributed by atoms with Crippen molar-refractivity contribution in [3.05, 3.63) is 199 Å². The third kappa shape index (κ3) is 4.85. The molecule has 0 atom stereocenters. The quantitative estimate of drug-likeness (QED) is 0.166. The molecule has 1 aliphatic carbocycles. The van der Waals surface area contributed by atoms with E-state index < -0.39 is 0 Å².